The monoisotopic (exact) mass is 392 g/mol. The van der Waals surface area contributed by atoms with E-state index in [0.29, 0.717) is 29.2 Å². The third-order valence-electron chi connectivity index (χ3n) is 4.68. The van der Waals surface area contributed by atoms with E-state index in [4.69, 9.17) is 0 Å². The standard InChI is InChI=1S/C23H24N2O2S/c1-4-25(5-2)23(27)20-19(17-9-7-6-8-10-17)15-28-22(20)24-21(26)18-13-11-16(3)12-14-18/h6-15H,4-5H2,1-3H3,(H,24,26). The maximum atomic E-state index is 13.2. The number of benzene rings is 2. The van der Waals surface area contributed by atoms with E-state index in [1.54, 1.807) is 17.0 Å². The van der Waals surface area contributed by atoms with Gasteiger partial charge in [-0.25, -0.2) is 0 Å². The second-order valence-corrected chi connectivity index (χ2v) is 7.40. The average Bonchev–Trinajstić information content (AvgIpc) is 3.13. The summed E-state index contributed by atoms with van der Waals surface area (Å²) in [5, 5.41) is 5.48. The molecule has 5 heteroatoms. The molecule has 0 saturated heterocycles. The number of nitrogens with zero attached hydrogens (tertiary/aromatic N) is 1. The first-order valence-corrected chi connectivity index (χ1v) is 10.3. The normalized spacial score (nSPS) is 10.5. The van der Waals surface area contributed by atoms with Crippen LogP contribution >= 0.6 is 11.3 Å². The maximum absolute atomic E-state index is 13.2. The number of carbonyl (C=O) groups excluding carboxylic acids is 2. The highest BCUT2D eigenvalue weighted by atomic mass is 32.1. The Balaban J connectivity index is 2.01. The van der Waals surface area contributed by atoms with E-state index in [1.807, 2.05) is 68.6 Å². The van der Waals surface area contributed by atoms with Crippen LogP contribution < -0.4 is 5.32 Å². The minimum Gasteiger partial charge on any atom is -0.339 e. The Morgan fingerprint density at radius 3 is 2.21 bits per heavy atom. The number of rotatable bonds is 6. The Bertz CT molecular complexity index is 958. The molecule has 0 aliphatic carbocycles. The lowest BCUT2D eigenvalue weighted by atomic mass is 10.0. The van der Waals surface area contributed by atoms with Crippen LogP contribution in [-0.2, 0) is 0 Å². The molecule has 4 nitrogen and oxygen atoms in total. The smallest absolute Gasteiger partial charge is 0.257 e. The maximum Gasteiger partial charge on any atom is 0.257 e. The lowest BCUT2D eigenvalue weighted by Gasteiger charge is -2.20. The first kappa shape index (κ1) is 19.8. The minimum absolute atomic E-state index is 0.0655. The van der Waals surface area contributed by atoms with E-state index in [-0.39, 0.29) is 11.8 Å². The number of thiophene rings is 1. The van der Waals surface area contributed by atoms with Crippen molar-refractivity contribution in [3.8, 4) is 11.1 Å². The highest BCUT2D eigenvalue weighted by Crippen LogP contribution is 2.36. The van der Waals surface area contributed by atoms with Gasteiger partial charge in [-0.05, 0) is 38.5 Å². The SMILES string of the molecule is CCN(CC)C(=O)c1c(-c2ccccc2)csc1NC(=O)c1ccc(C)cc1. The van der Waals surface area contributed by atoms with E-state index in [9.17, 15) is 9.59 Å². The summed E-state index contributed by atoms with van der Waals surface area (Å²) >= 11 is 1.38. The molecule has 0 bridgehead atoms. The van der Waals surface area contributed by atoms with Crippen molar-refractivity contribution in [2.45, 2.75) is 20.8 Å². The van der Waals surface area contributed by atoms with Gasteiger partial charge in [-0.2, -0.15) is 0 Å². The number of hydrogen-bond acceptors (Lipinski definition) is 3. The number of carbonyl (C=O) groups is 2. The molecular weight excluding hydrogens is 368 g/mol. The Kier molecular flexibility index (Phi) is 6.26. The summed E-state index contributed by atoms with van der Waals surface area (Å²) in [7, 11) is 0. The van der Waals surface area contributed by atoms with Gasteiger partial charge in [-0.1, -0.05) is 48.0 Å². The zero-order chi connectivity index (χ0) is 20.1. The van der Waals surface area contributed by atoms with Gasteiger partial charge in [0.25, 0.3) is 11.8 Å². The summed E-state index contributed by atoms with van der Waals surface area (Å²) in [6, 6.07) is 17.2. The van der Waals surface area contributed by atoms with E-state index < -0.39 is 0 Å². The topological polar surface area (TPSA) is 49.4 Å². The molecule has 1 heterocycles. The minimum atomic E-state index is -0.213. The fourth-order valence-corrected chi connectivity index (χ4v) is 4.00. The molecule has 2 amide bonds. The summed E-state index contributed by atoms with van der Waals surface area (Å²) < 4.78 is 0. The van der Waals surface area contributed by atoms with E-state index in [1.165, 1.54) is 11.3 Å². The van der Waals surface area contributed by atoms with Crippen molar-refractivity contribution >= 4 is 28.2 Å². The molecule has 0 aliphatic heterocycles. The molecule has 28 heavy (non-hydrogen) atoms. The van der Waals surface area contributed by atoms with Crippen molar-refractivity contribution < 1.29 is 9.59 Å². The Labute approximate surface area is 169 Å². The number of aryl methyl sites for hydroxylation is 1. The summed E-state index contributed by atoms with van der Waals surface area (Å²) in [5.41, 5.74) is 4.03. The third kappa shape index (κ3) is 4.15. The largest absolute Gasteiger partial charge is 0.339 e. The number of nitrogens with one attached hydrogen (secondary N) is 1. The molecule has 0 radical (unpaired) electrons. The van der Waals surface area contributed by atoms with Crippen LogP contribution in [0.5, 0.6) is 0 Å². The second kappa shape index (κ2) is 8.85. The molecule has 0 aliphatic rings. The molecule has 0 spiro atoms. The van der Waals surface area contributed by atoms with Gasteiger partial charge in [-0.3, -0.25) is 9.59 Å². The third-order valence-corrected chi connectivity index (χ3v) is 5.58. The molecule has 2 aromatic carbocycles. The quantitative estimate of drug-likeness (QED) is 0.606. The Morgan fingerprint density at radius 1 is 0.964 bits per heavy atom. The molecule has 3 rings (SSSR count). The average molecular weight is 393 g/mol. The summed E-state index contributed by atoms with van der Waals surface area (Å²) in [4.78, 5) is 27.7. The lowest BCUT2D eigenvalue weighted by molar-refractivity contribution is 0.0775. The Hall–Kier alpha value is -2.92. The first-order chi connectivity index (χ1) is 13.5. The summed E-state index contributed by atoms with van der Waals surface area (Å²) in [5.74, 6) is -0.278. The van der Waals surface area contributed by atoms with Crippen LogP contribution in [0.25, 0.3) is 11.1 Å². The van der Waals surface area contributed by atoms with Gasteiger partial charge in [0.15, 0.2) is 0 Å². The van der Waals surface area contributed by atoms with Gasteiger partial charge >= 0.3 is 0 Å². The number of anilines is 1. The predicted molar refractivity (Wildman–Crippen MR) is 116 cm³/mol. The van der Waals surface area contributed by atoms with Crippen molar-refractivity contribution in [2.75, 3.05) is 18.4 Å². The molecule has 0 fully saturated rings. The van der Waals surface area contributed by atoms with Crippen LogP contribution in [-0.4, -0.2) is 29.8 Å². The summed E-state index contributed by atoms with van der Waals surface area (Å²) in [6.07, 6.45) is 0. The highest BCUT2D eigenvalue weighted by Gasteiger charge is 2.24. The van der Waals surface area contributed by atoms with Crippen molar-refractivity contribution in [3.63, 3.8) is 0 Å². The van der Waals surface area contributed by atoms with Crippen LogP contribution in [0.1, 0.15) is 40.1 Å². The van der Waals surface area contributed by atoms with Gasteiger partial charge in [-0.15, -0.1) is 11.3 Å². The molecule has 3 aromatic rings. The molecule has 144 valence electrons. The first-order valence-electron chi connectivity index (χ1n) is 9.39. The lowest BCUT2D eigenvalue weighted by Crippen LogP contribution is -2.31. The van der Waals surface area contributed by atoms with Crippen molar-refractivity contribution in [3.05, 3.63) is 76.7 Å². The fraction of sp³-hybridized carbons (Fsp3) is 0.217. The van der Waals surface area contributed by atoms with E-state index in [0.717, 1.165) is 16.7 Å². The van der Waals surface area contributed by atoms with Crippen LogP contribution in [0.15, 0.2) is 60.0 Å². The van der Waals surface area contributed by atoms with Crippen molar-refractivity contribution in [2.24, 2.45) is 0 Å². The van der Waals surface area contributed by atoms with Crippen LogP contribution in [0.2, 0.25) is 0 Å². The van der Waals surface area contributed by atoms with Gasteiger partial charge in [0.1, 0.15) is 5.00 Å². The van der Waals surface area contributed by atoms with Crippen LogP contribution in [0.4, 0.5) is 5.00 Å². The molecule has 0 atom stereocenters. The second-order valence-electron chi connectivity index (χ2n) is 6.52. The van der Waals surface area contributed by atoms with Gasteiger partial charge in [0, 0.05) is 29.6 Å². The zero-order valence-corrected chi connectivity index (χ0v) is 17.2. The van der Waals surface area contributed by atoms with Crippen molar-refractivity contribution in [1.29, 1.82) is 0 Å². The van der Waals surface area contributed by atoms with Gasteiger partial charge in [0.2, 0.25) is 0 Å². The molecule has 0 unspecified atom stereocenters. The number of hydrogen-bond donors (Lipinski definition) is 1. The number of amides is 2. The van der Waals surface area contributed by atoms with E-state index >= 15 is 0 Å². The summed E-state index contributed by atoms with van der Waals surface area (Å²) in [6.45, 7) is 7.13. The predicted octanol–water partition coefficient (Wildman–Crippen LogP) is 5.46. The molecule has 1 aromatic heterocycles. The highest BCUT2D eigenvalue weighted by molar-refractivity contribution is 7.15. The molecular formula is C23H24N2O2S. The molecule has 1 N–H and O–H groups in total. The fourth-order valence-electron chi connectivity index (χ4n) is 3.04. The van der Waals surface area contributed by atoms with E-state index in [2.05, 4.69) is 5.32 Å². The molecule has 0 saturated carbocycles. The van der Waals surface area contributed by atoms with Crippen LogP contribution in [0.3, 0.4) is 0 Å². The van der Waals surface area contributed by atoms with Crippen LogP contribution in [0, 0.1) is 6.92 Å². The van der Waals surface area contributed by atoms with Gasteiger partial charge < -0.3 is 10.2 Å². The van der Waals surface area contributed by atoms with Crippen molar-refractivity contribution in [1.82, 2.24) is 4.90 Å². The van der Waals surface area contributed by atoms with Gasteiger partial charge in [0.05, 0.1) is 5.56 Å². The Morgan fingerprint density at radius 2 is 1.61 bits per heavy atom. The zero-order valence-electron chi connectivity index (χ0n) is 16.4.